The summed E-state index contributed by atoms with van der Waals surface area (Å²) < 4.78 is 5.28. The van der Waals surface area contributed by atoms with Crippen LogP contribution in [-0.4, -0.2) is 17.8 Å². The van der Waals surface area contributed by atoms with Crippen molar-refractivity contribution in [3.05, 3.63) is 24.2 Å². The van der Waals surface area contributed by atoms with Gasteiger partial charge in [0.05, 0.1) is 18.9 Å². The lowest BCUT2D eigenvalue weighted by Crippen LogP contribution is -2.38. The van der Waals surface area contributed by atoms with E-state index >= 15 is 0 Å². The molecule has 0 aliphatic carbocycles. The summed E-state index contributed by atoms with van der Waals surface area (Å²) in [5, 5.41) is 12.5. The van der Waals surface area contributed by atoms with Gasteiger partial charge in [0.15, 0.2) is 0 Å². The number of rotatable bonds is 5. The first-order valence-electron chi connectivity index (χ1n) is 5.05. The Labute approximate surface area is 85.1 Å². The van der Waals surface area contributed by atoms with Gasteiger partial charge in [0, 0.05) is 6.04 Å². The second kappa shape index (κ2) is 5.17. The summed E-state index contributed by atoms with van der Waals surface area (Å²) in [7, 11) is 0. The van der Waals surface area contributed by atoms with Crippen LogP contribution >= 0.6 is 0 Å². The number of aliphatic hydroxyl groups excluding tert-OH is 1. The van der Waals surface area contributed by atoms with Crippen molar-refractivity contribution in [1.29, 1.82) is 0 Å². The van der Waals surface area contributed by atoms with Crippen LogP contribution < -0.4 is 5.32 Å². The van der Waals surface area contributed by atoms with Crippen LogP contribution in [0.2, 0.25) is 0 Å². The van der Waals surface area contributed by atoms with Crippen LogP contribution in [-0.2, 0) is 0 Å². The van der Waals surface area contributed by atoms with Crippen molar-refractivity contribution in [2.75, 3.05) is 6.61 Å². The molecule has 14 heavy (non-hydrogen) atoms. The first-order valence-corrected chi connectivity index (χ1v) is 5.05. The Hall–Kier alpha value is -0.800. The Kier molecular flexibility index (Phi) is 4.17. The molecule has 80 valence electrons. The quantitative estimate of drug-likeness (QED) is 0.758. The molecular weight excluding hydrogens is 178 g/mol. The van der Waals surface area contributed by atoms with E-state index in [-0.39, 0.29) is 18.7 Å². The zero-order chi connectivity index (χ0) is 10.6. The van der Waals surface area contributed by atoms with Crippen molar-refractivity contribution in [3.8, 4) is 0 Å². The van der Waals surface area contributed by atoms with Crippen LogP contribution in [0.5, 0.6) is 0 Å². The van der Waals surface area contributed by atoms with Crippen molar-refractivity contribution in [2.45, 2.75) is 32.9 Å². The van der Waals surface area contributed by atoms with Gasteiger partial charge in [-0.1, -0.05) is 13.8 Å². The molecule has 1 heterocycles. The lowest BCUT2D eigenvalue weighted by atomic mass is 10.0. The fraction of sp³-hybridized carbons (Fsp3) is 0.636. The minimum atomic E-state index is 0.120. The first kappa shape index (κ1) is 11.3. The predicted octanol–water partition coefficient (Wildman–Crippen LogP) is 1.95. The monoisotopic (exact) mass is 197 g/mol. The molecule has 0 bridgehead atoms. The van der Waals surface area contributed by atoms with E-state index < -0.39 is 0 Å². The highest BCUT2D eigenvalue weighted by atomic mass is 16.3. The van der Waals surface area contributed by atoms with Crippen molar-refractivity contribution in [2.24, 2.45) is 5.92 Å². The summed E-state index contributed by atoms with van der Waals surface area (Å²) in [6.07, 6.45) is 1.66. The lowest BCUT2D eigenvalue weighted by molar-refractivity contribution is 0.197. The molecule has 2 atom stereocenters. The van der Waals surface area contributed by atoms with E-state index in [2.05, 4.69) is 19.2 Å². The van der Waals surface area contributed by atoms with E-state index in [4.69, 9.17) is 9.52 Å². The highest BCUT2D eigenvalue weighted by Crippen LogP contribution is 2.14. The van der Waals surface area contributed by atoms with E-state index in [1.807, 2.05) is 19.1 Å². The Bertz CT molecular complexity index is 244. The van der Waals surface area contributed by atoms with Gasteiger partial charge in [-0.05, 0) is 25.0 Å². The van der Waals surface area contributed by atoms with Gasteiger partial charge in [0.1, 0.15) is 5.76 Å². The molecule has 0 fully saturated rings. The largest absolute Gasteiger partial charge is 0.468 e. The molecule has 0 aliphatic heterocycles. The Morgan fingerprint density at radius 3 is 2.57 bits per heavy atom. The summed E-state index contributed by atoms with van der Waals surface area (Å²) >= 11 is 0. The average molecular weight is 197 g/mol. The molecule has 1 aromatic rings. The van der Waals surface area contributed by atoms with Crippen LogP contribution in [0.25, 0.3) is 0 Å². The van der Waals surface area contributed by atoms with Gasteiger partial charge in [0.2, 0.25) is 0 Å². The molecule has 1 rings (SSSR count). The molecule has 0 aliphatic rings. The predicted molar refractivity (Wildman–Crippen MR) is 56.0 cm³/mol. The Morgan fingerprint density at radius 2 is 2.14 bits per heavy atom. The lowest BCUT2D eigenvalue weighted by Gasteiger charge is -2.23. The number of aliphatic hydroxyl groups is 1. The second-order valence-electron chi connectivity index (χ2n) is 3.94. The summed E-state index contributed by atoms with van der Waals surface area (Å²) in [5.41, 5.74) is 0. The van der Waals surface area contributed by atoms with Crippen molar-refractivity contribution in [1.82, 2.24) is 5.32 Å². The maximum Gasteiger partial charge on any atom is 0.120 e. The van der Waals surface area contributed by atoms with E-state index in [0.29, 0.717) is 5.92 Å². The van der Waals surface area contributed by atoms with Crippen LogP contribution in [0.3, 0.4) is 0 Å². The number of nitrogens with one attached hydrogen (secondary N) is 1. The molecule has 0 spiro atoms. The third-order valence-corrected chi connectivity index (χ3v) is 2.44. The zero-order valence-electron chi connectivity index (χ0n) is 9.03. The van der Waals surface area contributed by atoms with E-state index in [9.17, 15) is 0 Å². The van der Waals surface area contributed by atoms with E-state index in [1.54, 1.807) is 6.26 Å². The van der Waals surface area contributed by atoms with Gasteiger partial charge in [0.25, 0.3) is 0 Å². The number of hydrogen-bond acceptors (Lipinski definition) is 3. The minimum absolute atomic E-state index is 0.120. The van der Waals surface area contributed by atoms with Crippen molar-refractivity contribution >= 4 is 0 Å². The number of hydrogen-bond donors (Lipinski definition) is 2. The normalized spacial score (nSPS) is 15.8. The van der Waals surface area contributed by atoms with Gasteiger partial charge in [-0.2, -0.15) is 0 Å². The molecule has 3 nitrogen and oxygen atoms in total. The molecule has 3 heteroatoms. The van der Waals surface area contributed by atoms with Gasteiger partial charge < -0.3 is 14.8 Å². The Morgan fingerprint density at radius 1 is 1.43 bits per heavy atom. The molecule has 1 unspecified atom stereocenters. The summed E-state index contributed by atoms with van der Waals surface area (Å²) in [6.45, 7) is 6.36. The zero-order valence-corrected chi connectivity index (χ0v) is 9.03. The molecular formula is C11H19NO2. The van der Waals surface area contributed by atoms with Gasteiger partial charge >= 0.3 is 0 Å². The molecule has 0 saturated heterocycles. The standard InChI is InChI=1S/C11H19NO2/c1-8(2)10(7-13)12-9(3)11-5-4-6-14-11/h4-6,8-10,12-13H,7H2,1-3H3/t9?,10-/m1/s1. The van der Waals surface area contributed by atoms with Crippen LogP contribution in [0, 0.1) is 5.92 Å². The molecule has 1 aromatic heterocycles. The van der Waals surface area contributed by atoms with Gasteiger partial charge in [-0.25, -0.2) is 0 Å². The van der Waals surface area contributed by atoms with E-state index in [1.165, 1.54) is 0 Å². The molecule has 0 amide bonds. The minimum Gasteiger partial charge on any atom is -0.468 e. The maximum atomic E-state index is 9.15. The SMILES string of the molecule is CC(N[C@H](CO)C(C)C)c1ccco1. The molecule has 0 radical (unpaired) electrons. The fourth-order valence-electron chi connectivity index (χ4n) is 1.40. The first-order chi connectivity index (χ1) is 6.65. The maximum absolute atomic E-state index is 9.15. The molecule has 0 aromatic carbocycles. The highest BCUT2D eigenvalue weighted by Gasteiger charge is 2.16. The smallest absolute Gasteiger partial charge is 0.120 e. The summed E-state index contributed by atoms with van der Waals surface area (Å²) in [5.74, 6) is 1.32. The van der Waals surface area contributed by atoms with Crippen molar-refractivity contribution in [3.63, 3.8) is 0 Å². The summed E-state index contributed by atoms with van der Waals surface area (Å²) in [6, 6.07) is 4.07. The summed E-state index contributed by atoms with van der Waals surface area (Å²) in [4.78, 5) is 0. The van der Waals surface area contributed by atoms with Crippen LogP contribution in [0.4, 0.5) is 0 Å². The van der Waals surface area contributed by atoms with Crippen molar-refractivity contribution < 1.29 is 9.52 Å². The van der Waals surface area contributed by atoms with Crippen LogP contribution in [0.15, 0.2) is 22.8 Å². The number of furan rings is 1. The topological polar surface area (TPSA) is 45.4 Å². The van der Waals surface area contributed by atoms with Crippen LogP contribution in [0.1, 0.15) is 32.6 Å². The second-order valence-corrected chi connectivity index (χ2v) is 3.94. The highest BCUT2D eigenvalue weighted by molar-refractivity contribution is 5.03. The fourth-order valence-corrected chi connectivity index (χ4v) is 1.40. The molecule has 2 N–H and O–H groups in total. The van der Waals surface area contributed by atoms with Gasteiger partial charge in [-0.3, -0.25) is 0 Å². The van der Waals surface area contributed by atoms with E-state index in [0.717, 1.165) is 5.76 Å². The van der Waals surface area contributed by atoms with Gasteiger partial charge in [-0.15, -0.1) is 0 Å². The third-order valence-electron chi connectivity index (χ3n) is 2.44. The molecule has 0 saturated carbocycles. The average Bonchev–Trinajstić information content (AvgIpc) is 2.65. The third kappa shape index (κ3) is 2.86. The Balaban J connectivity index is 2.51.